The Labute approximate surface area is 166 Å². The molecule has 0 fully saturated rings. The monoisotopic (exact) mass is 387 g/mol. The quantitative estimate of drug-likeness (QED) is 0.325. The highest BCUT2D eigenvalue weighted by molar-refractivity contribution is 6.73. The second kappa shape index (κ2) is 16.1. The first-order chi connectivity index (χ1) is 12.5. The van der Waals surface area contributed by atoms with Crippen molar-refractivity contribution >= 4 is 8.32 Å². The molecular weight excluding hydrogens is 338 g/mol. The highest BCUT2D eigenvalue weighted by Crippen LogP contribution is 2.21. The average molecular weight is 388 g/mol. The van der Waals surface area contributed by atoms with Crippen LogP contribution < -0.4 is 0 Å². The number of hydrogen-bond donors (Lipinski definition) is 0. The van der Waals surface area contributed by atoms with Crippen molar-refractivity contribution in [3.05, 3.63) is 0 Å². The van der Waals surface area contributed by atoms with Gasteiger partial charge in [-0.15, -0.1) is 0 Å². The van der Waals surface area contributed by atoms with Gasteiger partial charge in [0.1, 0.15) is 0 Å². The van der Waals surface area contributed by atoms with E-state index in [0.29, 0.717) is 0 Å². The summed E-state index contributed by atoms with van der Waals surface area (Å²) >= 11 is 0. The van der Waals surface area contributed by atoms with E-state index in [1.807, 2.05) is 7.11 Å². The molecule has 0 aromatic carbocycles. The van der Waals surface area contributed by atoms with Crippen LogP contribution in [0.2, 0.25) is 18.1 Å². The Balaban J connectivity index is 4.56. The number of hydrogen-bond acceptors (Lipinski definition) is 4. The maximum atomic E-state index is 6.04. The van der Waals surface area contributed by atoms with Crippen molar-refractivity contribution in [2.45, 2.75) is 72.5 Å². The molecule has 0 aliphatic rings. The van der Waals surface area contributed by atoms with E-state index in [1.165, 1.54) is 89.9 Å². The lowest BCUT2D eigenvalue weighted by Gasteiger charge is -2.32. The summed E-state index contributed by atoms with van der Waals surface area (Å²) in [5.41, 5.74) is 0. The van der Waals surface area contributed by atoms with Gasteiger partial charge in [-0.25, -0.2) is 0 Å². The molecule has 0 aliphatic heterocycles. The van der Waals surface area contributed by atoms with Crippen molar-refractivity contribution in [3.8, 4) is 0 Å². The Morgan fingerprint density at radius 2 is 0.962 bits per heavy atom. The smallest absolute Gasteiger partial charge is 0.192 e. The Bertz CT molecular complexity index is 279. The summed E-state index contributed by atoms with van der Waals surface area (Å²) in [4.78, 5) is 7.81. The predicted octanol–water partition coefficient (Wildman–Crippen LogP) is 4.38. The summed E-state index contributed by atoms with van der Waals surface area (Å²) in [7, 11) is 0.456. The molecule has 5 heteroatoms. The minimum absolute atomic E-state index is 1.17. The molecule has 0 spiro atoms. The SMILES string of the molecule is CCN(CC)CCCN(CCCN(CC)CC)CC[Si](CC)(CC)OC. The van der Waals surface area contributed by atoms with E-state index in [0.717, 1.165) is 0 Å². The van der Waals surface area contributed by atoms with E-state index in [-0.39, 0.29) is 0 Å². The second-order valence-electron chi connectivity index (χ2n) is 7.45. The predicted molar refractivity (Wildman–Crippen MR) is 120 cm³/mol. The van der Waals surface area contributed by atoms with Crippen molar-refractivity contribution in [2.75, 3.05) is 66.0 Å². The molecule has 158 valence electrons. The van der Waals surface area contributed by atoms with Gasteiger partial charge in [0.15, 0.2) is 8.32 Å². The van der Waals surface area contributed by atoms with Gasteiger partial charge in [-0.1, -0.05) is 41.5 Å². The first kappa shape index (κ1) is 26.1. The zero-order valence-corrected chi connectivity index (χ0v) is 20.1. The van der Waals surface area contributed by atoms with Gasteiger partial charge in [-0.2, -0.15) is 0 Å². The van der Waals surface area contributed by atoms with Crippen LogP contribution in [0.15, 0.2) is 0 Å². The summed E-state index contributed by atoms with van der Waals surface area (Å²) in [6.45, 7) is 24.6. The fourth-order valence-electron chi connectivity index (χ4n) is 3.81. The topological polar surface area (TPSA) is 19.0 Å². The van der Waals surface area contributed by atoms with Crippen molar-refractivity contribution < 1.29 is 4.43 Å². The summed E-state index contributed by atoms with van der Waals surface area (Å²) < 4.78 is 6.04. The number of rotatable bonds is 18. The standard InChI is InChI=1S/C21H49N3OSi/c1-8-22(9-2)16-14-18-24(19-15-17-23(10-3)11-4)20-21-26(12-5,13-6)25-7/h8-21H2,1-7H3. The van der Waals surface area contributed by atoms with E-state index in [4.69, 9.17) is 4.43 Å². The van der Waals surface area contributed by atoms with Crippen molar-refractivity contribution in [1.82, 2.24) is 14.7 Å². The maximum Gasteiger partial charge on any atom is 0.192 e. The van der Waals surface area contributed by atoms with Crippen LogP contribution in [0.1, 0.15) is 54.4 Å². The van der Waals surface area contributed by atoms with Crippen LogP contribution in [-0.2, 0) is 4.43 Å². The van der Waals surface area contributed by atoms with Crippen LogP contribution in [-0.4, -0.2) is 89.0 Å². The van der Waals surface area contributed by atoms with Gasteiger partial charge >= 0.3 is 0 Å². The Morgan fingerprint density at radius 3 is 1.27 bits per heavy atom. The van der Waals surface area contributed by atoms with Gasteiger partial charge in [0.2, 0.25) is 0 Å². The zero-order valence-electron chi connectivity index (χ0n) is 19.1. The highest BCUT2D eigenvalue weighted by Gasteiger charge is 2.29. The molecule has 0 amide bonds. The minimum Gasteiger partial charge on any atom is -0.420 e. The Morgan fingerprint density at radius 1 is 0.577 bits per heavy atom. The van der Waals surface area contributed by atoms with Gasteiger partial charge < -0.3 is 19.1 Å². The first-order valence-corrected chi connectivity index (χ1v) is 13.8. The van der Waals surface area contributed by atoms with Gasteiger partial charge in [-0.05, 0) is 89.9 Å². The molecular formula is C21H49N3OSi. The fourth-order valence-corrected chi connectivity index (χ4v) is 6.52. The summed E-state index contributed by atoms with van der Waals surface area (Å²) in [6.07, 6.45) is 2.57. The molecule has 0 radical (unpaired) electrons. The van der Waals surface area contributed by atoms with Crippen LogP contribution in [0.4, 0.5) is 0 Å². The molecule has 0 aromatic heterocycles. The third-order valence-electron chi connectivity index (χ3n) is 6.29. The van der Waals surface area contributed by atoms with Crippen LogP contribution in [0.25, 0.3) is 0 Å². The molecule has 0 aliphatic carbocycles. The zero-order chi connectivity index (χ0) is 19.8. The Hall–Kier alpha value is 0.0569. The minimum atomic E-state index is -1.49. The maximum absolute atomic E-state index is 6.04. The lowest BCUT2D eigenvalue weighted by atomic mass is 10.3. The van der Waals surface area contributed by atoms with Gasteiger partial charge in [0.05, 0.1) is 0 Å². The van der Waals surface area contributed by atoms with Crippen LogP contribution in [0.3, 0.4) is 0 Å². The van der Waals surface area contributed by atoms with Crippen LogP contribution in [0, 0.1) is 0 Å². The largest absolute Gasteiger partial charge is 0.420 e. The molecule has 0 rings (SSSR count). The molecule has 0 heterocycles. The van der Waals surface area contributed by atoms with E-state index < -0.39 is 8.32 Å². The second-order valence-corrected chi connectivity index (χ2v) is 12.1. The molecule has 0 bridgehead atoms. The molecule has 4 nitrogen and oxygen atoms in total. The molecule has 0 aromatic rings. The van der Waals surface area contributed by atoms with Crippen molar-refractivity contribution in [3.63, 3.8) is 0 Å². The highest BCUT2D eigenvalue weighted by atomic mass is 28.4. The molecule has 0 saturated carbocycles. The summed E-state index contributed by atoms with van der Waals surface area (Å²) in [5.74, 6) is 0. The Kier molecular flexibility index (Phi) is 16.1. The van der Waals surface area contributed by atoms with Crippen LogP contribution >= 0.6 is 0 Å². The fraction of sp³-hybridized carbons (Fsp3) is 1.00. The van der Waals surface area contributed by atoms with Crippen LogP contribution in [0.5, 0.6) is 0 Å². The summed E-state index contributed by atoms with van der Waals surface area (Å²) in [5, 5.41) is 0. The average Bonchev–Trinajstić information content (AvgIpc) is 2.69. The molecule has 26 heavy (non-hydrogen) atoms. The first-order valence-electron chi connectivity index (χ1n) is 11.3. The molecule has 0 atom stereocenters. The molecule has 0 N–H and O–H groups in total. The lowest BCUT2D eigenvalue weighted by molar-refractivity contribution is 0.221. The number of nitrogens with zero attached hydrogens (tertiary/aromatic N) is 3. The van der Waals surface area contributed by atoms with Gasteiger partial charge in [0, 0.05) is 7.11 Å². The lowest BCUT2D eigenvalue weighted by Crippen LogP contribution is -2.41. The van der Waals surface area contributed by atoms with E-state index in [2.05, 4.69) is 56.2 Å². The van der Waals surface area contributed by atoms with Crippen molar-refractivity contribution in [2.24, 2.45) is 0 Å². The third kappa shape index (κ3) is 10.4. The van der Waals surface area contributed by atoms with E-state index in [9.17, 15) is 0 Å². The van der Waals surface area contributed by atoms with E-state index >= 15 is 0 Å². The third-order valence-corrected chi connectivity index (χ3v) is 10.9. The summed E-state index contributed by atoms with van der Waals surface area (Å²) in [6, 6.07) is 3.77. The molecule has 0 saturated heterocycles. The molecule has 0 unspecified atom stereocenters. The van der Waals surface area contributed by atoms with Crippen molar-refractivity contribution in [1.29, 1.82) is 0 Å². The van der Waals surface area contributed by atoms with Gasteiger partial charge in [0.25, 0.3) is 0 Å². The normalized spacial score (nSPS) is 12.7. The van der Waals surface area contributed by atoms with E-state index in [1.54, 1.807) is 0 Å². The van der Waals surface area contributed by atoms with Gasteiger partial charge in [-0.3, -0.25) is 0 Å².